The zero-order valence-electron chi connectivity index (χ0n) is 9.85. The van der Waals surface area contributed by atoms with E-state index >= 15 is 0 Å². The van der Waals surface area contributed by atoms with Gasteiger partial charge in [-0.25, -0.2) is 4.39 Å². The van der Waals surface area contributed by atoms with Crippen molar-refractivity contribution in [3.63, 3.8) is 0 Å². The van der Waals surface area contributed by atoms with Crippen LogP contribution in [0.2, 0.25) is 0 Å². The molecule has 1 atom stereocenters. The lowest BCUT2D eigenvalue weighted by molar-refractivity contribution is -0.137. The Morgan fingerprint density at radius 1 is 1.44 bits per heavy atom. The van der Waals surface area contributed by atoms with Gasteiger partial charge < -0.3 is 15.2 Å². The van der Waals surface area contributed by atoms with Crippen molar-refractivity contribution in [3.05, 3.63) is 30.1 Å². The van der Waals surface area contributed by atoms with E-state index in [4.69, 9.17) is 9.84 Å². The van der Waals surface area contributed by atoms with Crippen LogP contribution in [0, 0.1) is 5.82 Å². The molecule has 0 aliphatic rings. The van der Waals surface area contributed by atoms with Gasteiger partial charge in [0, 0.05) is 6.54 Å². The highest BCUT2D eigenvalue weighted by Crippen LogP contribution is 2.16. The summed E-state index contributed by atoms with van der Waals surface area (Å²) in [4.78, 5) is 21.7. The topological polar surface area (TPSA) is 75.6 Å². The molecule has 0 saturated carbocycles. The molecule has 0 aromatic heterocycles. The Hall–Kier alpha value is -2.11. The van der Waals surface area contributed by atoms with Gasteiger partial charge in [-0.1, -0.05) is 12.1 Å². The fourth-order valence-corrected chi connectivity index (χ4v) is 1.22. The van der Waals surface area contributed by atoms with Crippen molar-refractivity contribution in [2.75, 3.05) is 6.54 Å². The number of hydrogen-bond donors (Lipinski definition) is 2. The minimum Gasteiger partial charge on any atom is -0.481 e. The molecule has 0 bridgehead atoms. The number of para-hydroxylation sites is 1. The number of carboxylic acid groups (broad SMARTS) is 1. The Balaban J connectivity index is 2.45. The zero-order chi connectivity index (χ0) is 13.5. The van der Waals surface area contributed by atoms with Crippen LogP contribution in [0.25, 0.3) is 0 Å². The van der Waals surface area contributed by atoms with Gasteiger partial charge in [0.15, 0.2) is 17.7 Å². The lowest BCUT2D eigenvalue weighted by Crippen LogP contribution is -2.37. The highest BCUT2D eigenvalue weighted by atomic mass is 19.1. The second-order valence-corrected chi connectivity index (χ2v) is 3.63. The second-order valence-electron chi connectivity index (χ2n) is 3.63. The summed E-state index contributed by atoms with van der Waals surface area (Å²) in [6.07, 6.45) is -1.06. The van der Waals surface area contributed by atoms with Crippen LogP contribution >= 0.6 is 0 Å². The van der Waals surface area contributed by atoms with Gasteiger partial charge in [0.25, 0.3) is 5.91 Å². The van der Waals surface area contributed by atoms with Crippen molar-refractivity contribution < 1.29 is 23.8 Å². The molecule has 2 N–H and O–H groups in total. The molecule has 0 aliphatic heterocycles. The van der Waals surface area contributed by atoms with Crippen LogP contribution in [0.5, 0.6) is 5.75 Å². The summed E-state index contributed by atoms with van der Waals surface area (Å²) < 4.78 is 18.4. The normalized spacial score (nSPS) is 11.7. The first-order valence-corrected chi connectivity index (χ1v) is 5.41. The number of ether oxygens (including phenoxy) is 1. The first-order valence-electron chi connectivity index (χ1n) is 5.41. The van der Waals surface area contributed by atoms with Crippen molar-refractivity contribution in [2.24, 2.45) is 0 Å². The van der Waals surface area contributed by atoms with E-state index in [1.807, 2.05) is 0 Å². The first-order chi connectivity index (χ1) is 8.50. The highest BCUT2D eigenvalue weighted by Gasteiger charge is 2.16. The molecule has 0 spiro atoms. The number of carboxylic acids is 1. The maximum Gasteiger partial charge on any atom is 0.305 e. The monoisotopic (exact) mass is 255 g/mol. The van der Waals surface area contributed by atoms with Crippen LogP contribution in [0.4, 0.5) is 4.39 Å². The van der Waals surface area contributed by atoms with Crippen LogP contribution < -0.4 is 10.1 Å². The summed E-state index contributed by atoms with van der Waals surface area (Å²) in [6.45, 7) is 1.47. The summed E-state index contributed by atoms with van der Waals surface area (Å²) in [5.41, 5.74) is 0. The molecule has 1 amide bonds. The number of hydrogen-bond acceptors (Lipinski definition) is 3. The molecule has 0 heterocycles. The molecule has 1 rings (SSSR count). The largest absolute Gasteiger partial charge is 0.481 e. The van der Waals surface area contributed by atoms with E-state index < -0.39 is 23.8 Å². The Labute approximate surface area is 104 Å². The summed E-state index contributed by atoms with van der Waals surface area (Å²) in [6, 6.07) is 5.74. The third kappa shape index (κ3) is 4.40. The summed E-state index contributed by atoms with van der Waals surface area (Å²) in [5, 5.41) is 10.8. The molecule has 1 unspecified atom stereocenters. The van der Waals surface area contributed by atoms with Gasteiger partial charge in [0.2, 0.25) is 0 Å². The standard InChI is InChI=1S/C12H14FNO4/c1-8(12(17)14-7-6-11(15)16)18-10-5-3-2-4-9(10)13/h2-5,8H,6-7H2,1H3,(H,14,17)(H,15,16). The van der Waals surface area contributed by atoms with Crippen LogP contribution in [0.3, 0.4) is 0 Å². The van der Waals surface area contributed by atoms with Gasteiger partial charge in [0.05, 0.1) is 6.42 Å². The molecule has 0 aliphatic carbocycles. The molecule has 0 fully saturated rings. The fourth-order valence-electron chi connectivity index (χ4n) is 1.22. The Bertz CT molecular complexity index is 436. The molecule has 1 aromatic rings. The Morgan fingerprint density at radius 2 is 2.11 bits per heavy atom. The lowest BCUT2D eigenvalue weighted by Gasteiger charge is -2.14. The number of amides is 1. The molecule has 6 heteroatoms. The molecule has 18 heavy (non-hydrogen) atoms. The lowest BCUT2D eigenvalue weighted by atomic mass is 10.3. The number of aliphatic carboxylic acids is 1. The third-order valence-electron chi connectivity index (χ3n) is 2.15. The summed E-state index contributed by atoms with van der Waals surface area (Å²) in [5.74, 6) is -2.06. The van der Waals surface area contributed by atoms with Gasteiger partial charge in [-0.05, 0) is 19.1 Å². The van der Waals surface area contributed by atoms with Gasteiger partial charge >= 0.3 is 5.97 Å². The van der Waals surface area contributed by atoms with E-state index in [0.717, 1.165) is 0 Å². The minimum absolute atomic E-state index is 0.0130. The molecule has 0 radical (unpaired) electrons. The zero-order valence-corrected chi connectivity index (χ0v) is 9.85. The Morgan fingerprint density at radius 3 is 2.72 bits per heavy atom. The quantitative estimate of drug-likeness (QED) is 0.800. The van der Waals surface area contributed by atoms with Crippen molar-refractivity contribution in [1.29, 1.82) is 0 Å². The van der Waals surface area contributed by atoms with Crippen LogP contribution in [-0.4, -0.2) is 29.6 Å². The first kappa shape index (κ1) is 14.0. The number of nitrogens with one attached hydrogen (secondary N) is 1. The van der Waals surface area contributed by atoms with Crippen molar-refractivity contribution in [2.45, 2.75) is 19.4 Å². The van der Waals surface area contributed by atoms with E-state index in [-0.39, 0.29) is 18.7 Å². The number of carbonyl (C=O) groups is 2. The van der Waals surface area contributed by atoms with Crippen LogP contribution in [-0.2, 0) is 9.59 Å². The van der Waals surface area contributed by atoms with Crippen LogP contribution in [0.1, 0.15) is 13.3 Å². The SMILES string of the molecule is CC(Oc1ccccc1F)C(=O)NCCC(=O)O. The van der Waals surface area contributed by atoms with E-state index in [0.29, 0.717) is 0 Å². The van der Waals surface area contributed by atoms with Gasteiger partial charge in [-0.2, -0.15) is 0 Å². The van der Waals surface area contributed by atoms with E-state index in [2.05, 4.69) is 5.32 Å². The van der Waals surface area contributed by atoms with E-state index in [9.17, 15) is 14.0 Å². The Kier molecular flexibility index (Phi) is 5.10. The average molecular weight is 255 g/mol. The van der Waals surface area contributed by atoms with Crippen LogP contribution in [0.15, 0.2) is 24.3 Å². The molecular weight excluding hydrogens is 241 g/mol. The number of halogens is 1. The smallest absolute Gasteiger partial charge is 0.305 e. The second kappa shape index (κ2) is 6.58. The fraction of sp³-hybridized carbons (Fsp3) is 0.333. The van der Waals surface area contributed by atoms with Crippen molar-refractivity contribution in [1.82, 2.24) is 5.32 Å². The average Bonchev–Trinajstić information content (AvgIpc) is 2.31. The number of benzene rings is 1. The third-order valence-corrected chi connectivity index (χ3v) is 2.15. The molecule has 1 aromatic carbocycles. The summed E-state index contributed by atoms with van der Waals surface area (Å²) in [7, 11) is 0. The number of rotatable bonds is 6. The predicted molar refractivity (Wildman–Crippen MR) is 61.8 cm³/mol. The van der Waals surface area contributed by atoms with Gasteiger partial charge in [-0.15, -0.1) is 0 Å². The van der Waals surface area contributed by atoms with Gasteiger partial charge in [-0.3, -0.25) is 9.59 Å². The van der Waals surface area contributed by atoms with E-state index in [1.165, 1.54) is 25.1 Å². The van der Waals surface area contributed by atoms with Gasteiger partial charge in [0.1, 0.15) is 0 Å². The van der Waals surface area contributed by atoms with Crippen molar-refractivity contribution in [3.8, 4) is 5.75 Å². The number of carbonyl (C=O) groups excluding carboxylic acids is 1. The molecule has 0 saturated heterocycles. The maximum absolute atomic E-state index is 13.2. The summed E-state index contributed by atoms with van der Waals surface area (Å²) >= 11 is 0. The van der Waals surface area contributed by atoms with Crippen molar-refractivity contribution >= 4 is 11.9 Å². The van der Waals surface area contributed by atoms with E-state index in [1.54, 1.807) is 6.07 Å². The highest BCUT2D eigenvalue weighted by molar-refractivity contribution is 5.81. The molecular formula is C12H14FNO4. The predicted octanol–water partition coefficient (Wildman–Crippen LogP) is 1.18. The molecule has 98 valence electrons. The minimum atomic E-state index is -1.00. The molecule has 5 nitrogen and oxygen atoms in total. The maximum atomic E-state index is 13.2.